The van der Waals surface area contributed by atoms with Crippen molar-refractivity contribution in [3.8, 4) is 5.69 Å². The summed E-state index contributed by atoms with van der Waals surface area (Å²) < 4.78 is 0. The maximum Gasteiger partial charge on any atom is 0.276 e. The Kier molecular flexibility index (Phi) is 5.81. The van der Waals surface area contributed by atoms with E-state index in [1.807, 2.05) is 36.4 Å². The van der Waals surface area contributed by atoms with Crippen molar-refractivity contribution in [2.45, 2.75) is 19.8 Å². The molecular formula is C22H22ClN5O2. The van der Waals surface area contributed by atoms with Crippen LogP contribution in [-0.4, -0.2) is 44.8 Å². The fourth-order valence-electron chi connectivity index (χ4n) is 3.58. The molecule has 7 nitrogen and oxygen atoms in total. The molecule has 1 N–H and O–H groups in total. The summed E-state index contributed by atoms with van der Waals surface area (Å²) in [6.07, 6.45) is 1.51. The molecule has 0 bridgehead atoms. The molecule has 1 aromatic heterocycles. The highest BCUT2D eigenvalue weighted by atomic mass is 35.5. The van der Waals surface area contributed by atoms with Crippen molar-refractivity contribution < 1.29 is 9.59 Å². The first-order valence-corrected chi connectivity index (χ1v) is 10.2. The lowest BCUT2D eigenvalue weighted by atomic mass is 9.96. The third kappa shape index (κ3) is 4.36. The van der Waals surface area contributed by atoms with Crippen molar-refractivity contribution in [3.63, 3.8) is 0 Å². The Bertz CT molecular complexity index is 1070. The van der Waals surface area contributed by atoms with Crippen LogP contribution in [0.1, 0.15) is 29.0 Å². The van der Waals surface area contributed by atoms with Gasteiger partial charge in [0.15, 0.2) is 5.69 Å². The Balaban J connectivity index is 1.47. The van der Waals surface area contributed by atoms with Crippen molar-refractivity contribution in [2.24, 2.45) is 5.92 Å². The molecule has 1 aliphatic heterocycles. The van der Waals surface area contributed by atoms with Gasteiger partial charge in [-0.15, -0.1) is 5.10 Å². The minimum atomic E-state index is -0.258. The number of carbonyl (C=O) groups excluding carboxylic acids is 2. The number of carbonyl (C=O) groups is 2. The monoisotopic (exact) mass is 423 g/mol. The summed E-state index contributed by atoms with van der Waals surface area (Å²) in [6.45, 7) is 2.71. The van der Waals surface area contributed by atoms with E-state index in [0.717, 1.165) is 18.5 Å². The standard InChI is InChI=1S/C22H22ClN5O2/c1-15-20(26-28(25-15)19-11-5-8-17(23)13-19)22(30)27-12-6-7-16(14-27)21(29)24-18-9-3-2-4-10-18/h2-5,8-11,13,16H,6-7,12,14H2,1H3,(H,24,29). The molecule has 4 rings (SSSR count). The number of amides is 2. The lowest BCUT2D eigenvalue weighted by Gasteiger charge is -2.31. The highest BCUT2D eigenvalue weighted by Gasteiger charge is 2.31. The molecular weight excluding hydrogens is 402 g/mol. The summed E-state index contributed by atoms with van der Waals surface area (Å²) in [5, 5.41) is 12.3. The van der Waals surface area contributed by atoms with E-state index in [-0.39, 0.29) is 17.7 Å². The maximum absolute atomic E-state index is 13.1. The average Bonchev–Trinajstić information content (AvgIpc) is 3.15. The zero-order chi connectivity index (χ0) is 21.1. The van der Waals surface area contributed by atoms with Gasteiger partial charge in [0.25, 0.3) is 5.91 Å². The number of benzene rings is 2. The zero-order valence-corrected chi connectivity index (χ0v) is 17.3. The minimum Gasteiger partial charge on any atom is -0.336 e. The van der Waals surface area contributed by atoms with Crippen LogP contribution >= 0.6 is 11.6 Å². The average molecular weight is 424 g/mol. The normalized spacial score (nSPS) is 16.3. The van der Waals surface area contributed by atoms with E-state index in [9.17, 15) is 9.59 Å². The molecule has 1 saturated heterocycles. The maximum atomic E-state index is 13.1. The SMILES string of the molecule is Cc1nn(-c2cccc(Cl)c2)nc1C(=O)N1CCCC(C(=O)Nc2ccccc2)C1. The van der Waals surface area contributed by atoms with Crippen LogP contribution in [0.25, 0.3) is 5.69 Å². The van der Waals surface area contributed by atoms with E-state index >= 15 is 0 Å². The van der Waals surface area contributed by atoms with Gasteiger partial charge in [0.05, 0.1) is 17.3 Å². The molecule has 0 spiro atoms. The highest BCUT2D eigenvalue weighted by Crippen LogP contribution is 2.21. The molecule has 154 valence electrons. The van der Waals surface area contributed by atoms with Crippen molar-refractivity contribution in [3.05, 3.63) is 71.0 Å². The number of nitrogens with zero attached hydrogens (tertiary/aromatic N) is 4. The second-order valence-electron chi connectivity index (χ2n) is 7.35. The third-order valence-corrected chi connectivity index (χ3v) is 5.38. The predicted molar refractivity (Wildman–Crippen MR) is 115 cm³/mol. The van der Waals surface area contributed by atoms with Gasteiger partial charge in [0.2, 0.25) is 5.91 Å². The van der Waals surface area contributed by atoms with Crippen LogP contribution in [-0.2, 0) is 4.79 Å². The molecule has 0 saturated carbocycles. The van der Waals surface area contributed by atoms with Gasteiger partial charge < -0.3 is 10.2 Å². The van der Waals surface area contributed by atoms with Crippen LogP contribution in [0.3, 0.4) is 0 Å². The van der Waals surface area contributed by atoms with E-state index in [1.54, 1.807) is 30.0 Å². The Hall–Kier alpha value is -3.19. The largest absolute Gasteiger partial charge is 0.336 e. The van der Waals surface area contributed by atoms with E-state index in [1.165, 1.54) is 4.80 Å². The molecule has 2 aromatic carbocycles. The molecule has 8 heteroatoms. The van der Waals surface area contributed by atoms with Gasteiger partial charge in [-0.1, -0.05) is 35.9 Å². The minimum absolute atomic E-state index is 0.0713. The van der Waals surface area contributed by atoms with Crippen LogP contribution in [0, 0.1) is 12.8 Å². The number of rotatable bonds is 4. The van der Waals surface area contributed by atoms with Crippen LogP contribution in [0.15, 0.2) is 54.6 Å². The Labute approximate surface area is 179 Å². The number of aromatic nitrogens is 3. The number of hydrogen-bond donors (Lipinski definition) is 1. The van der Waals surface area contributed by atoms with Crippen molar-refractivity contribution in [1.29, 1.82) is 0 Å². The number of halogens is 1. The molecule has 30 heavy (non-hydrogen) atoms. The zero-order valence-electron chi connectivity index (χ0n) is 16.6. The molecule has 3 aromatic rings. The molecule has 2 heterocycles. The van der Waals surface area contributed by atoms with E-state index < -0.39 is 0 Å². The molecule has 1 aliphatic rings. The lowest BCUT2D eigenvalue weighted by Crippen LogP contribution is -2.44. The van der Waals surface area contributed by atoms with E-state index in [4.69, 9.17) is 11.6 Å². The quantitative estimate of drug-likeness (QED) is 0.693. The van der Waals surface area contributed by atoms with Gasteiger partial charge in [-0.3, -0.25) is 9.59 Å². The number of para-hydroxylation sites is 1. The van der Waals surface area contributed by atoms with Crippen molar-refractivity contribution in [1.82, 2.24) is 19.9 Å². The first kappa shape index (κ1) is 20.1. The van der Waals surface area contributed by atoms with E-state index in [2.05, 4.69) is 15.5 Å². The van der Waals surface area contributed by atoms with Crippen LogP contribution in [0.2, 0.25) is 5.02 Å². The summed E-state index contributed by atoms with van der Waals surface area (Å²) >= 11 is 6.05. The van der Waals surface area contributed by atoms with Gasteiger partial charge in [-0.05, 0) is 50.1 Å². The number of hydrogen-bond acceptors (Lipinski definition) is 4. The molecule has 0 radical (unpaired) electrons. The molecule has 1 unspecified atom stereocenters. The Morgan fingerprint density at radius 1 is 1.10 bits per heavy atom. The van der Waals surface area contributed by atoms with Gasteiger partial charge in [-0.25, -0.2) is 0 Å². The van der Waals surface area contributed by atoms with E-state index in [0.29, 0.717) is 35.2 Å². The van der Waals surface area contributed by atoms with Crippen LogP contribution in [0.4, 0.5) is 5.69 Å². The number of nitrogens with one attached hydrogen (secondary N) is 1. The number of anilines is 1. The lowest BCUT2D eigenvalue weighted by molar-refractivity contribution is -0.121. The summed E-state index contributed by atoms with van der Waals surface area (Å²) in [5.41, 5.74) is 2.27. The molecule has 1 fully saturated rings. The summed E-state index contributed by atoms with van der Waals surface area (Å²) in [4.78, 5) is 28.9. The first-order chi connectivity index (χ1) is 14.5. The third-order valence-electron chi connectivity index (χ3n) is 5.14. The predicted octanol–water partition coefficient (Wildman–Crippen LogP) is 3.72. The molecule has 0 aliphatic carbocycles. The van der Waals surface area contributed by atoms with Crippen molar-refractivity contribution >= 4 is 29.1 Å². The Morgan fingerprint density at radius 2 is 1.90 bits per heavy atom. The number of aryl methyl sites for hydroxylation is 1. The molecule has 2 amide bonds. The van der Waals surface area contributed by atoms with Crippen LogP contribution in [0.5, 0.6) is 0 Å². The Morgan fingerprint density at radius 3 is 2.67 bits per heavy atom. The fourth-order valence-corrected chi connectivity index (χ4v) is 3.77. The fraction of sp³-hybridized carbons (Fsp3) is 0.273. The smallest absolute Gasteiger partial charge is 0.276 e. The second kappa shape index (κ2) is 8.67. The second-order valence-corrected chi connectivity index (χ2v) is 7.79. The van der Waals surface area contributed by atoms with Gasteiger partial charge in [0, 0.05) is 23.8 Å². The van der Waals surface area contributed by atoms with Gasteiger partial charge in [-0.2, -0.15) is 9.90 Å². The summed E-state index contributed by atoms with van der Waals surface area (Å²) in [5.74, 6) is -0.540. The van der Waals surface area contributed by atoms with Gasteiger partial charge in [0.1, 0.15) is 0 Å². The van der Waals surface area contributed by atoms with Crippen molar-refractivity contribution in [2.75, 3.05) is 18.4 Å². The summed E-state index contributed by atoms with van der Waals surface area (Å²) in [6, 6.07) is 16.5. The molecule has 1 atom stereocenters. The van der Waals surface area contributed by atoms with Crippen LogP contribution < -0.4 is 5.32 Å². The topological polar surface area (TPSA) is 80.1 Å². The first-order valence-electron chi connectivity index (χ1n) is 9.86. The number of likely N-dealkylation sites (tertiary alicyclic amines) is 1. The van der Waals surface area contributed by atoms with Gasteiger partial charge >= 0.3 is 0 Å². The number of piperidine rings is 1. The highest BCUT2D eigenvalue weighted by molar-refractivity contribution is 6.30. The summed E-state index contributed by atoms with van der Waals surface area (Å²) in [7, 11) is 0.